The molecule has 1 aromatic heterocycles. The lowest BCUT2D eigenvalue weighted by atomic mass is 10.1. The summed E-state index contributed by atoms with van der Waals surface area (Å²) in [7, 11) is 1.91. The molecule has 1 heterocycles. The maximum Gasteiger partial charge on any atom is 0.343 e. The Morgan fingerprint density at radius 1 is 0.629 bits per heavy atom. The van der Waals surface area contributed by atoms with E-state index >= 15 is 0 Å². The summed E-state index contributed by atoms with van der Waals surface area (Å²) in [6.45, 7) is 10.2. The number of carbonyl (C=O) groups is 4. The molecule has 0 amide bonds. The Labute approximate surface area is 364 Å². The average molecular weight is 862 g/mol. The molecule has 0 saturated heterocycles. The Bertz CT molecular complexity index is 2420. The average Bonchev–Trinajstić information content (AvgIpc) is 3.62. The maximum absolute atomic E-state index is 13.4. The predicted molar refractivity (Wildman–Crippen MR) is 238 cm³/mol. The fraction of sp³-hybridized carbons (Fsp3) is 0.292. The number of unbranched alkanes of at least 4 members (excludes halogenated alkanes) is 6. The van der Waals surface area contributed by atoms with E-state index in [1.165, 1.54) is 11.3 Å². The fourth-order valence-corrected chi connectivity index (χ4v) is 6.92. The molecule has 0 unspecified atom stereocenters. The third-order valence-electron chi connectivity index (χ3n) is 9.37. The highest BCUT2D eigenvalue weighted by atomic mass is 32.1. The summed E-state index contributed by atoms with van der Waals surface area (Å²) < 4.78 is 36.3. The van der Waals surface area contributed by atoms with Crippen LogP contribution in [0.15, 0.2) is 127 Å². The van der Waals surface area contributed by atoms with Gasteiger partial charge in [-0.05, 0) is 137 Å². The second-order valence-corrected chi connectivity index (χ2v) is 15.0. The summed E-state index contributed by atoms with van der Waals surface area (Å²) in [5.41, 5.74) is 2.46. The Hall–Kier alpha value is -6.80. The van der Waals surface area contributed by atoms with Crippen LogP contribution in [0.2, 0.25) is 0 Å². The third kappa shape index (κ3) is 14.4. The molecule has 324 valence electrons. The first-order valence-electron chi connectivity index (χ1n) is 20.4. The van der Waals surface area contributed by atoms with Gasteiger partial charge in [0.2, 0.25) is 4.80 Å². The zero-order valence-electron chi connectivity index (χ0n) is 35.0. The lowest BCUT2D eigenvalue weighted by molar-refractivity contribution is -0.138. The molecule has 4 aromatic carbocycles. The van der Waals surface area contributed by atoms with Gasteiger partial charge in [0.05, 0.1) is 53.5 Å². The number of esters is 4. The largest absolute Gasteiger partial charge is 0.494 e. The van der Waals surface area contributed by atoms with E-state index in [1.54, 1.807) is 73.7 Å². The van der Waals surface area contributed by atoms with E-state index in [0.717, 1.165) is 73.7 Å². The molecule has 62 heavy (non-hydrogen) atoms. The van der Waals surface area contributed by atoms with E-state index in [1.807, 2.05) is 35.9 Å². The van der Waals surface area contributed by atoms with Crippen LogP contribution in [-0.4, -0.2) is 60.6 Å². The zero-order chi connectivity index (χ0) is 44.1. The lowest BCUT2D eigenvalue weighted by Gasteiger charge is -2.13. The number of thiazole rings is 1. The first kappa shape index (κ1) is 46.3. The molecule has 0 spiro atoms. The number of rotatable bonds is 24. The minimum absolute atomic E-state index is 0.198. The van der Waals surface area contributed by atoms with Gasteiger partial charge < -0.3 is 33.0 Å². The van der Waals surface area contributed by atoms with Crippen LogP contribution in [0, 0.1) is 0 Å². The van der Waals surface area contributed by atoms with Gasteiger partial charge in [-0.15, -0.1) is 5.10 Å². The van der Waals surface area contributed by atoms with Crippen LogP contribution in [0.25, 0.3) is 10.2 Å². The molecule has 0 saturated carbocycles. The summed E-state index contributed by atoms with van der Waals surface area (Å²) >= 11 is 1.49. The highest BCUT2D eigenvalue weighted by Gasteiger charge is 2.17. The molecule has 0 aliphatic rings. The van der Waals surface area contributed by atoms with E-state index in [-0.39, 0.29) is 11.5 Å². The van der Waals surface area contributed by atoms with E-state index in [2.05, 4.69) is 23.4 Å². The number of carbonyl (C=O) groups excluding carboxylic acids is 4. The molecule has 5 aromatic rings. The summed E-state index contributed by atoms with van der Waals surface area (Å²) in [6, 6.07) is 26.0. The summed E-state index contributed by atoms with van der Waals surface area (Å²) in [4.78, 5) is 49.6. The highest BCUT2D eigenvalue weighted by Crippen LogP contribution is 2.28. The molecule has 0 atom stereocenters. The molecule has 14 heteroatoms. The quantitative estimate of drug-likeness (QED) is 0.0146. The number of aromatic nitrogens is 1. The van der Waals surface area contributed by atoms with Gasteiger partial charge in [-0.2, -0.15) is 5.10 Å². The molecule has 5 rings (SSSR count). The number of benzene rings is 4. The first-order chi connectivity index (χ1) is 30.1. The Balaban J connectivity index is 1.21. The molecule has 13 nitrogen and oxygen atoms in total. The third-order valence-corrected chi connectivity index (χ3v) is 10.5. The number of ether oxygens (including phenoxy) is 6. The summed E-state index contributed by atoms with van der Waals surface area (Å²) in [5, 5.41) is 9.03. The maximum atomic E-state index is 13.4. The van der Waals surface area contributed by atoms with Crippen LogP contribution >= 0.6 is 11.3 Å². The zero-order valence-corrected chi connectivity index (χ0v) is 35.9. The summed E-state index contributed by atoms with van der Waals surface area (Å²) in [5.74, 6) is -0.380. The second kappa shape index (κ2) is 24.5. The molecular weight excluding hydrogens is 811 g/mol. The minimum atomic E-state index is -0.603. The SMILES string of the molecule is C=CC(=O)OCCCCCCOc1ccc(C(=O)Oc2ccc(OC(=O)c3ccc(OCCCCCCOC(=O)C=C)cc3)c(/C(C)=N/N=c3\sc4ccccc4n3C)c2)cc1. The van der Waals surface area contributed by atoms with Gasteiger partial charge in [0.25, 0.3) is 0 Å². The molecule has 0 N–H and O–H groups in total. The molecule has 0 bridgehead atoms. The number of hydrogen-bond donors (Lipinski definition) is 0. The van der Waals surface area contributed by atoms with Crippen LogP contribution in [0.3, 0.4) is 0 Å². The van der Waals surface area contributed by atoms with Crippen molar-refractivity contribution in [2.24, 2.45) is 17.3 Å². The Morgan fingerprint density at radius 3 is 1.66 bits per heavy atom. The number of fused-ring (bicyclic) bond motifs is 1. The topological polar surface area (TPSA) is 153 Å². The number of nitrogens with zero attached hydrogens (tertiary/aromatic N) is 3. The van der Waals surface area contributed by atoms with Gasteiger partial charge in [-0.25, -0.2) is 19.2 Å². The number of aryl methyl sites for hydroxylation is 1. The van der Waals surface area contributed by atoms with Crippen molar-refractivity contribution in [1.29, 1.82) is 0 Å². The Kier molecular flexibility index (Phi) is 18.3. The smallest absolute Gasteiger partial charge is 0.343 e. The molecular formula is C48H51N3O10S. The van der Waals surface area contributed by atoms with Crippen molar-refractivity contribution >= 4 is 51.1 Å². The van der Waals surface area contributed by atoms with Gasteiger partial charge in [-0.1, -0.05) is 36.6 Å². The van der Waals surface area contributed by atoms with Crippen LogP contribution in [0.4, 0.5) is 0 Å². The van der Waals surface area contributed by atoms with Crippen molar-refractivity contribution < 1.29 is 47.6 Å². The monoisotopic (exact) mass is 861 g/mol. The van der Waals surface area contributed by atoms with Gasteiger partial charge in [0.15, 0.2) is 0 Å². The Morgan fingerprint density at radius 2 is 1.13 bits per heavy atom. The molecule has 0 aliphatic carbocycles. The van der Waals surface area contributed by atoms with E-state index in [9.17, 15) is 19.2 Å². The van der Waals surface area contributed by atoms with E-state index in [4.69, 9.17) is 28.4 Å². The fourth-order valence-electron chi connectivity index (χ4n) is 5.95. The predicted octanol–water partition coefficient (Wildman–Crippen LogP) is 9.34. The van der Waals surface area contributed by atoms with Gasteiger partial charge in [0, 0.05) is 24.8 Å². The van der Waals surface area contributed by atoms with Crippen molar-refractivity contribution in [2.75, 3.05) is 26.4 Å². The van der Waals surface area contributed by atoms with Crippen LogP contribution in [0.5, 0.6) is 23.0 Å². The molecule has 0 aliphatic heterocycles. The highest BCUT2D eigenvalue weighted by molar-refractivity contribution is 7.16. The van der Waals surface area contributed by atoms with Gasteiger partial charge in [-0.3, -0.25) is 0 Å². The van der Waals surface area contributed by atoms with Gasteiger partial charge >= 0.3 is 23.9 Å². The van der Waals surface area contributed by atoms with Crippen LogP contribution in [-0.2, 0) is 26.1 Å². The van der Waals surface area contributed by atoms with Crippen molar-refractivity contribution in [1.82, 2.24) is 4.57 Å². The number of hydrogen-bond acceptors (Lipinski definition) is 13. The molecule has 0 radical (unpaired) electrons. The van der Waals surface area contributed by atoms with Crippen molar-refractivity contribution in [3.8, 4) is 23.0 Å². The van der Waals surface area contributed by atoms with Crippen LogP contribution in [0.1, 0.15) is 84.6 Å². The van der Waals surface area contributed by atoms with Crippen LogP contribution < -0.4 is 23.7 Å². The van der Waals surface area contributed by atoms with Crippen molar-refractivity contribution in [3.05, 3.63) is 138 Å². The van der Waals surface area contributed by atoms with E-state index in [0.29, 0.717) is 65.1 Å². The van der Waals surface area contributed by atoms with Crippen molar-refractivity contribution in [2.45, 2.75) is 58.3 Å². The summed E-state index contributed by atoms with van der Waals surface area (Å²) in [6.07, 6.45) is 9.14. The second-order valence-electron chi connectivity index (χ2n) is 14.0. The minimum Gasteiger partial charge on any atom is -0.494 e. The van der Waals surface area contributed by atoms with Gasteiger partial charge in [0.1, 0.15) is 23.0 Å². The van der Waals surface area contributed by atoms with Crippen molar-refractivity contribution in [3.63, 3.8) is 0 Å². The number of para-hydroxylation sites is 1. The first-order valence-corrected chi connectivity index (χ1v) is 21.2. The normalized spacial score (nSPS) is 11.5. The molecule has 0 fully saturated rings. The van der Waals surface area contributed by atoms with E-state index < -0.39 is 23.9 Å². The lowest BCUT2D eigenvalue weighted by Crippen LogP contribution is -2.13. The standard InChI is InChI=1S/C48H51N3O10S/c1-5-44(52)58-31-15-9-7-13-29-56-37-23-19-35(20-24-37)46(54)60-39-27-28-42(40(33-39)34(3)49-50-48-51(4)41-17-11-12-18-43(41)62-48)61-47(55)36-21-25-38(26-22-36)57-30-14-8-10-16-32-59-45(53)6-2/h5-6,11-12,17-28,33H,1-2,7-10,13-16,29-32H2,3-4H3/b49-34+,50-48-.